The molecule has 1 N–H and O–H groups in total. The summed E-state index contributed by atoms with van der Waals surface area (Å²) in [5.41, 5.74) is 5.42. The summed E-state index contributed by atoms with van der Waals surface area (Å²) in [6, 6.07) is 45.7. The van der Waals surface area contributed by atoms with Crippen molar-refractivity contribution in [3.63, 3.8) is 0 Å². The molecule has 0 spiro atoms. The molecule has 4 atom stereocenters. The van der Waals surface area contributed by atoms with Gasteiger partial charge in [0, 0.05) is 0 Å². The van der Waals surface area contributed by atoms with Gasteiger partial charge in [-0.2, -0.15) is 0 Å². The highest BCUT2D eigenvalue weighted by Gasteiger charge is 2.52. The molecule has 42 heavy (non-hydrogen) atoms. The van der Waals surface area contributed by atoms with Crippen molar-refractivity contribution in [3.8, 4) is 5.75 Å². The van der Waals surface area contributed by atoms with Crippen molar-refractivity contribution in [1.82, 2.24) is 0 Å². The number of hydrogen-bond donors (Lipinski definition) is 1. The summed E-state index contributed by atoms with van der Waals surface area (Å²) in [5.74, 6) is 0.545. The van der Waals surface area contributed by atoms with E-state index in [0.29, 0.717) is 17.8 Å². The van der Waals surface area contributed by atoms with Gasteiger partial charge in [-0.1, -0.05) is 109 Å². The lowest BCUT2D eigenvalue weighted by atomic mass is 9.49. The zero-order chi connectivity index (χ0) is 28.6. The predicted octanol–water partition coefficient (Wildman–Crippen LogP) is 8.68. The fourth-order valence-corrected chi connectivity index (χ4v) is 6.94. The monoisotopic (exact) mass is 548 g/mol. The molecule has 1 fully saturated rings. The molecule has 0 heterocycles. The van der Waals surface area contributed by atoms with E-state index in [1.807, 2.05) is 24.3 Å². The Morgan fingerprint density at radius 3 is 1.50 bits per heavy atom. The summed E-state index contributed by atoms with van der Waals surface area (Å²) in [4.78, 5) is 22.4. The molecule has 1 aliphatic rings. The van der Waals surface area contributed by atoms with Crippen molar-refractivity contribution in [3.05, 3.63) is 161 Å². The number of carboxylic acids is 1. The fourth-order valence-electron chi connectivity index (χ4n) is 6.94. The van der Waals surface area contributed by atoms with Crippen LogP contribution >= 0.6 is 0 Å². The molecule has 0 radical (unpaired) electrons. The van der Waals surface area contributed by atoms with Gasteiger partial charge < -0.3 is 9.84 Å². The van der Waals surface area contributed by atoms with Crippen LogP contribution in [0.25, 0.3) is 21.5 Å². The van der Waals surface area contributed by atoms with Crippen LogP contribution in [0.5, 0.6) is 5.75 Å². The molecule has 0 saturated heterocycles. The van der Waals surface area contributed by atoms with Gasteiger partial charge in [0.05, 0.1) is 5.56 Å². The minimum atomic E-state index is -0.920. The second-order valence-electron chi connectivity index (χ2n) is 11.0. The number of carbonyl (C=O) groups excluding carboxylic acids is 1. The summed E-state index contributed by atoms with van der Waals surface area (Å²) in [6.07, 6.45) is 0. The SMILES string of the molecule is O=COc1ccc2cc([C@@H]3[C@@H](c4ccccc4)[C@@H](c4ccccc4)[C@@H]3c3ccc4cc(C(=O)O)ccc4c3)ccc2c1. The first kappa shape index (κ1) is 25.7. The molecular weight excluding hydrogens is 520 g/mol. The van der Waals surface area contributed by atoms with Crippen LogP contribution < -0.4 is 4.74 Å². The van der Waals surface area contributed by atoms with Crippen LogP contribution in [0.4, 0.5) is 0 Å². The van der Waals surface area contributed by atoms with Gasteiger partial charge in [0.15, 0.2) is 0 Å². The van der Waals surface area contributed by atoms with Crippen LogP contribution in [0, 0.1) is 0 Å². The summed E-state index contributed by atoms with van der Waals surface area (Å²) in [5, 5.41) is 13.6. The molecule has 6 aromatic rings. The Kier molecular flexibility index (Phi) is 6.52. The van der Waals surface area contributed by atoms with Gasteiger partial charge in [0.2, 0.25) is 0 Å². The summed E-state index contributed by atoms with van der Waals surface area (Å²) < 4.78 is 5.08. The van der Waals surface area contributed by atoms with Crippen LogP contribution in [-0.2, 0) is 4.79 Å². The Morgan fingerprint density at radius 1 is 0.524 bits per heavy atom. The summed E-state index contributed by atoms with van der Waals surface area (Å²) >= 11 is 0. The number of carboxylic acid groups (broad SMARTS) is 1. The van der Waals surface area contributed by atoms with Gasteiger partial charge in [0.1, 0.15) is 5.75 Å². The molecule has 1 saturated carbocycles. The first-order valence-electron chi connectivity index (χ1n) is 14.1. The zero-order valence-corrected chi connectivity index (χ0v) is 22.8. The number of carbonyl (C=O) groups is 2. The van der Waals surface area contributed by atoms with Crippen LogP contribution in [0.1, 0.15) is 56.3 Å². The molecule has 0 unspecified atom stereocenters. The number of rotatable bonds is 7. The lowest BCUT2D eigenvalue weighted by molar-refractivity contribution is -0.120. The second-order valence-corrected chi connectivity index (χ2v) is 11.0. The average molecular weight is 549 g/mol. The Labute approximate surface area is 243 Å². The summed E-state index contributed by atoms with van der Waals surface area (Å²) in [6.45, 7) is 0.453. The molecule has 204 valence electrons. The first-order chi connectivity index (χ1) is 20.6. The third-order valence-electron chi connectivity index (χ3n) is 8.82. The van der Waals surface area contributed by atoms with E-state index in [2.05, 4.69) is 97.1 Å². The van der Waals surface area contributed by atoms with Crippen molar-refractivity contribution in [1.29, 1.82) is 0 Å². The van der Waals surface area contributed by atoms with Gasteiger partial charge in [-0.05, 0) is 91.7 Å². The molecule has 4 nitrogen and oxygen atoms in total. The predicted molar refractivity (Wildman–Crippen MR) is 165 cm³/mol. The van der Waals surface area contributed by atoms with Gasteiger partial charge in [-0.3, -0.25) is 4.79 Å². The summed E-state index contributed by atoms with van der Waals surface area (Å²) in [7, 11) is 0. The largest absolute Gasteiger partial charge is 0.478 e. The molecule has 7 rings (SSSR count). The number of aromatic carboxylic acids is 1. The highest BCUT2D eigenvalue weighted by Crippen LogP contribution is 2.66. The van der Waals surface area contributed by atoms with Gasteiger partial charge >= 0.3 is 5.97 Å². The topological polar surface area (TPSA) is 63.6 Å². The zero-order valence-electron chi connectivity index (χ0n) is 22.8. The Balaban J connectivity index is 1.39. The molecule has 0 bridgehead atoms. The van der Waals surface area contributed by atoms with Crippen molar-refractivity contribution in [2.24, 2.45) is 0 Å². The maximum atomic E-state index is 11.6. The van der Waals surface area contributed by atoms with E-state index >= 15 is 0 Å². The fraction of sp³-hybridized carbons (Fsp3) is 0.105. The van der Waals surface area contributed by atoms with Crippen molar-refractivity contribution < 1.29 is 19.4 Å². The molecule has 1 aliphatic carbocycles. The van der Waals surface area contributed by atoms with E-state index in [-0.39, 0.29) is 23.7 Å². The third-order valence-corrected chi connectivity index (χ3v) is 8.82. The van der Waals surface area contributed by atoms with Crippen molar-refractivity contribution in [2.45, 2.75) is 23.7 Å². The smallest absolute Gasteiger partial charge is 0.335 e. The molecule has 4 heteroatoms. The van der Waals surface area contributed by atoms with Gasteiger partial charge in [-0.15, -0.1) is 0 Å². The molecule has 0 aliphatic heterocycles. The number of hydrogen-bond acceptors (Lipinski definition) is 3. The maximum absolute atomic E-state index is 11.6. The Hall–Kier alpha value is -5.22. The number of ether oxygens (including phenoxy) is 1. The van der Waals surface area contributed by atoms with E-state index in [0.717, 1.165) is 21.5 Å². The van der Waals surface area contributed by atoms with Crippen LogP contribution in [0.3, 0.4) is 0 Å². The standard InChI is InChI=1S/C38H28O4/c39-23-42-33-18-17-28-20-31(15-12-29(28)22-33)37-35(25-9-5-2-6-10-25)34(24-7-3-1-4-8-24)36(37)30-14-11-27-21-32(38(40)41)16-13-26(27)19-30/h1-23,34-37H,(H,40,41)/t34-,35+,36+,37-/m1/s1. The lowest BCUT2D eigenvalue weighted by Gasteiger charge is -2.54. The highest BCUT2D eigenvalue weighted by molar-refractivity contribution is 5.94. The van der Waals surface area contributed by atoms with E-state index < -0.39 is 5.97 Å². The van der Waals surface area contributed by atoms with E-state index in [1.54, 1.807) is 12.1 Å². The second kappa shape index (κ2) is 10.6. The lowest BCUT2D eigenvalue weighted by Crippen LogP contribution is -2.40. The first-order valence-corrected chi connectivity index (χ1v) is 14.1. The van der Waals surface area contributed by atoms with E-state index in [9.17, 15) is 14.7 Å². The quantitative estimate of drug-likeness (QED) is 0.203. The molecule has 6 aromatic carbocycles. The number of fused-ring (bicyclic) bond motifs is 2. The minimum absolute atomic E-state index is 0.205. The van der Waals surface area contributed by atoms with E-state index in [4.69, 9.17) is 4.74 Å². The Morgan fingerprint density at radius 2 is 0.976 bits per heavy atom. The van der Waals surface area contributed by atoms with Gasteiger partial charge in [0.25, 0.3) is 6.47 Å². The van der Waals surface area contributed by atoms with Crippen LogP contribution in [0.2, 0.25) is 0 Å². The normalized spacial score (nSPS) is 19.7. The third kappa shape index (κ3) is 4.51. The minimum Gasteiger partial charge on any atom is -0.478 e. The average Bonchev–Trinajstić information content (AvgIpc) is 3.01. The highest BCUT2D eigenvalue weighted by atomic mass is 16.5. The molecular formula is C38H28O4. The molecule has 0 amide bonds. The van der Waals surface area contributed by atoms with Crippen LogP contribution in [-0.4, -0.2) is 17.5 Å². The number of benzene rings is 6. The van der Waals surface area contributed by atoms with Gasteiger partial charge in [-0.25, -0.2) is 4.79 Å². The Bertz CT molecular complexity index is 1930. The van der Waals surface area contributed by atoms with E-state index in [1.165, 1.54) is 22.3 Å². The van der Waals surface area contributed by atoms with Crippen molar-refractivity contribution >= 4 is 34.0 Å². The van der Waals surface area contributed by atoms with Crippen LogP contribution in [0.15, 0.2) is 133 Å². The van der Waals surface area contributed by atoms with Crippen molar-refractivity contribution in [2.75, 3.05) is 0 Å². The maximum Gasteiger partial charge on any atom is 0.335 e. The molecule has 0 aromatic heterocycles.